The molecule has 0 atom stereocenters. The van der Waals surface area contributed by atoms with Gasteiger partial charge in [0, 0.05) is 38.3 Å². The summed E-state index contributed by atoms with van der Waals surface area (Å²) in [6, 6.07) is 6.04. The number of benzene rings is 1. The molecule has 0 bridgehead atoms. The van der Waals surface area contributed by atoms with E-state index in [0.717, 1.165) is 49.7 Å². The van der Waals surface area contributed by atoms with Crippen molar-refractivity contribution in [3.8, 4) is 5.75 Å². The van der Waals surface area contributed by atoms with Crippen molar-refractivity contribution in [3.05, 3.63) is 40.8 Å². The van der Waals surface area contributed by atoms with Crippen molar-refractivity contribution in [3.63, 3.8) is 0 Å². The van der Waals surface area contributed by atoms with Crippen LogP contribution in [-0.2, 0) is 27.8 Å². The highest BCUT2D eigenvalue weighted by atomic mass is 32.2. The summed E-state index contributed by atoms with van der Waals surface area (Å²) < 4.78 is 44.1. The average Bonchev–Trinajstić information content (AvgIpc) is 2.89. The fourth-order valence-electron chi connectivity index (χ4n) is 3.72. The Hall–Kier alpha value is -1.94. The molecule has 1 saturated heterocycles. The lowest BCUT2D eigenvalue weighted by Crippen LogP contribution is -2.35. The largest absolute Gasteiger partial charge is 0.492 e. The molecule has 1 aromatic carbocycles. The summed E-state index contributed by atoms with van der Waals surface area (Å²) in [7, 11) is -3.72. The summed E-state index contributed by atoms with van der Waals surface area (Å²) in [5.74, 6) is 1.05. The van der Waals surface area contributed by atoms with E-state index in [4.69, 9.17) is 14.0 Å². The first-order valence-electron chi connectivity index (χ1n) is 9.43. The van der Waals surface area contributed by atoms with Gasteiger partial charge in [-0.15, -0.1) is 0 Å². The minimum absolute atomic E-state index is 0.153. The van der Waals surface area contributed by atoms with Crippen LogP contribution in [0.2, 0.25) is 0 Å². The molecule has 1 aromatic heterocycles. The van der Waals surface area contributed by atoms with E-state index >= 15 is 0 Å². The van der Waals surface area contributed by atoms with Crippen molar-refractivity contribution in [2.45, 2.75) is 31.8 Å². The zero-order chi connectivity index (χ0) is 19.7. The van der Waals surface area contributed by atoms with Crippen molar-refractivity contribution < 1.29 is 22.4 Å². The summed E-state index contributed by atoms with van der Waals surface area (Å²) in [5.41, 5.74) is 2.39. The number of fused-ring (bicyclic) bond motifs is 1. The number of hydrogen-bond acceptors (Lipinski definition) is 7. The van der Waals surface area contributed by atoms with Gasteiger partial charge >= 0.3 is 0 Å². The lowest BCUT2D eigenvalue weighted by Gasteiger charge is -2.27. The van der Waals surface area contributed by atoms with E-state index in [-0.39, 0.29) is 18.0 Å². The van der Waals surface area contributed by atoms with Crippen LogP contribution < -0.4 is 4.74 Å². The van der Waals surface area contributed by atoms with Crippen LogP contribution in [0.25, 0.3) is 0 Å². The van der Waals surface area contributed by atoms with Crippen LogP contribution >= 0.6 is 0 Å². The standard InChI is InChI=1S/C19H25N3O5S/c1-14-19(15(2)27-20-14)28(23,24)22-7-10-26-18-4-3-16(11-17(18)13-22)12-21-5-8-25-9-6-21/h3-4,11H,5-10,12-13H2,1-2H3. The molecule has 1 fully saturated rings. The second kappa shape index (κ2) is 7.82. The van der Waals surface area contributed by atoms with Crippen LogP contribution in [0.1, 0.15) is 22.6 Å². The SMILES string of the molecule is Cc1noc(C)c1S(=O)(=O)N1CCOc2ccc(CN3CCOCC3)cc2C1. The fourth-order valence-corrected chi connectivity index (χ4v) is 5.41. The number of morpholine rings is 1. The number of hydrogen-bond donors (Lipinski definition) is 0. The Morgan fingerprint density at radius 3 is 2.61 bits per heavy atom. The first kappa shape index (κ1) is 19.4. The van der Waals surface area contributed by atoms with Crippen LogP contribution in [0.4, 0.5) is 0 Å². The van der Waals surface area contributed by atoms with Gasteiger partial charge in [-0.3, -0.25) is 4.90 Å². The second-order valence-electron chi connectivity index (χ2n) is 7.17. The molecule has 0 spiro atoms. The van der Waals surface area contributed by atoms with Crippen LogP contribution in [0, 0.1) is 13.8 Å². The summed E-state index contributed by atoms with van der Waals surface area (Å²) in [6.45, 7) is 8.22. The maximum absolute atomic E-state index is 13.2. The Kier molecular flexibility index (Phi) is 5.42. The number of ether oxygens (including phenoxy) is 2. The van der Waals surface area contributed by atoms with E-state index in [2.05, 4.69) is 10.1 Å². The number of rotatable bonds is 4. The lowest BCUT2D eigenvalue weighted by atomic mass is 10.1. The van der Waals surface area contributed by atoms with Gasteiger partial charge < -0.3 is 14.0 Å². The highest BCUT2D eigenvalue weighted by Crippen LogP contribution is 2.30. The minimum atomic E-state index is -3.72. The Labute approximate surface area is 165 Å². The normalized spacial score (nSPS) is 19.1. The monoisotopic (exact) mass is 407 g/mol. The number of nitrogens with zero attached hydrogens (tertiary/aromatic N) is 3. The van der Waals surface area contributed by atoms with Crippen molar-refractivity contribution in [1.29, 1.82) is 0 Å². The fraction of sp³-hybridized carbons (Fsp3) is 0.526. The van der Waals surface area contributed by atoms with E-state index in [9.17, 15) is 8.42 Å². The molecule has 0 N–H and O–H groups in total. The Morgan fingerprint density at radius 2 is 1.89 bits per heavy atom. The molecule has 3 heterocycles. The molecule has 4 rings (SSSR count). The first-order chi connectivity index (χ1) is 13.4. The summed E-state index contributed by atoms with van der Waals surface area (Å²) in [4.78, 5) is 2.49. The van der Waals surface area contributed by atoms with Gasteiger partial charge in [-0.05, 0) is 31.5 Å². The molecule has 0 radical (unpaired) electrons. The predicted octanol–water partition coefficient (Wildman–Crippen LogP) is 1.71. The molecule has 0 aliphatic carbocycles. The molecular formula is C19H25N3O5S. The van der Waals surface area contributed by atoms with Crippen LogP contribution in [0.15, 0.2) is 27.6 Å². The average molecular weight is 407 g/mol. The molecule has 2 aliphatic rings. The quantitative estimate of drug-likeness (QED) is 0.763. The zero-order valence-corrected chi connectivity index (χ0v) is 17.0. The van der Waals surface area contributed by atoms with E-state index < -0.39 is 10.0 Å². The molecule has 9 heteroatoms. The predicted molar refractivity (Wildman–Crippen MR) is 102 cm³/mol. The van der Waals surface area contributed by atoms with Gasteiger partial charge in [0.1, 0.15) is 22.9 Å². The molecule has 2 aromatic rings. The lowest BCUT2D eigenvalue weighted by molar-refractivity contribution is 0.0342. The highest BCUT2D eigenvalue weighted by Gasteiger charge is 2.33. The van der Waals surface area contributed by atoms with E-state index in [1.54, 1.807) is 13.8 Å². The molecule has 28 heavy (non-hydrogen) atoms. The molecule has 0 amide bonds. The number of aromatic nitrogens is 1. The van der Waals surface area contributed by atoms with Gasteiger partial charge in [0.25, 0.3) is 0 Å². The molecule has 0 unspecified atom stereocenters. The summed E-state index contributed by atoms with van der Waals surface area (Å²) in [6.07, 6.45) is 0. The smallest absolute Gasteiger partial charge is 0.248 e. The molecule has 8 nitrogen and oxygen atoms in total. The van der Waals surface area contributed by atoms with E-state index in [1.165, 1.54) is 4.31 Å². The van der Waals surface area contributed by atoms with Crippen molar-refractivity contribution in [2.24, 2.45) is 0 Å². The maximum atomic E-state index is 13.2. The molecule has 2 aliphatic heterocycles. The van der Waals surface area contributed by atoms with Gasteiger partial charge in [-0.25, -0.2) is 8.42 Å². The van der Waals surface area contributed by atoms with Gasteiger partial charge in [0.2, 0.25) is 10.0 Å². The van der Waals surface area contributed by atoms with Crippen LogP contribution in [0.5, 0.6) is 5.75 Å². The van der Waals surface area contributed by atoms with Crippen molar-refractivity contribution >= 4 is 10.0 Å². The van der Waals surface area contributed by atoms with Crippen LogP contribution in [-0.4, -0.2) is 62.2 Å². The summed E-state index contributed by atoms with van der Waals surface area (Å²) in [5, 5.41) is 3.80. The van der Waals surface area contributed by atoms with Gasteiger partial charge in [-0.2, -0.15) is 4.31 Å². The van der Waals surface area contributed by atoms with Crippen LogP contribution in [0.3, 0.4) is 0 Å². The summed E-state index contributed by atoms with van der Waals surface area (Å²) >= 11 is 0. The van der Waals surface area contributed by atoms with E-state index in [1.807, 2.05) is 18.2 Å². The third-order valence-electron chi connectivity index (χ3n) is 5.15. The zero-order valence-electron chi connectivity index (χ0n) is 16.2. The molecule has 152 valence electrons. The molecular weight excluding hydrogens is 382 g/mol. The number of aryl methyl sites for hydroxylation is 2. The van der Waals surface area contributed by atoms with Gasteiger partial charge in [-0.1, -0.05) is 11.2 Å². The topological polar surface area (TPSA) is 85.1 Å². The number of sulfonamides is 1. The first-order valence-corrected chi connectivity index (χ1v) is 10.9. The van der Waals surface area contributed by atoms with Gasteiger partial charge in [0.15, 0.2) is 5.76 Å². The van der Waals surface area contributed by atoms with Crippen molar-refractivity contribution in [2.75, 3.05) is 39.5 Å². The Bertz CT molecular complexity index is 931. The maximum Gasteiger partial charge on any atom is 0.248 e. The van der Waals surface area contributed by atoms with E-state index in [0.29, 0.717) is 18.1 Å². The Morgan fingerprint density at radius 1 is 1.11 bits per heavy atom. The third-order valence-corrected chi connectivity index (χ3v) is 7.24. The highest BCUT2D eigenvalue weighted by molar-refractivity contribution is 7.89. The second-order valence-corrected chi connectivity index (χ2v) is 9.05. The molecule has 0 saturated carbocycles. The minimum Gasteiger partial charge on any atom is -0.492 e. The third kappa shape index (κ3) is 3.80. The van der Waals surface area contributed by atoms with Gasteiger partial charge in [0.05, 0.1) is 13.2 Å². The van der Waals surface area contributed by atoms with Crippen molar-refractivity contribution in [1.82, 2.24) is 14.4 Å². The Balaban J connectivity index is 1.59.